The van der Waals surface area contributed by atoms with Crippen molar-refractivity contribution in [2.24, 2.45) is 0 Å². The highest BCUT2D eigenvalue weighted by Gasteiger charge is 2.25. The molecule has 0 aliphatic carbocycles. The van der Waals surface area contributed by atoms with E-state index in [1.807, 2.05) is 0 Å². The summed E-state index contributed by atoms with van der Waals surface area (Å²) in [5, 5.41) is 0. The summed E-state index contributed by atoms with van der Waals surface area (Å²) < 4.78 is 4.67. The predicted octanol–water partition coefficient (Wildman–Crippen LogP) is 5.60. The molecule has 4 N–H and O–H groups in total. The summed E-state index contributed by atoms with van der Waals surface area (Å²) >= 11 is 8.02. The third-order valence-electron chi connectivity index (χ3n) is 3.57. The van der Waals surface area contributed by atoms with Gasteiger partial charge in [-0.1, -0.05) is 71.6 Å². The second-order valence-electron chi connectivity index (χ2n) is 6.28. The number of thiol groups is 1. The van der Waals surface area contributed by atoms with Crippen LogP contribution in [0.5, 0.6) is 0 Å². The third-order valence-corrected chi connectivity index (χ3v) is 5.92. The highest BCUT2D eigenvalue weighted by Crippen LogP contribution is 2.55. The standard InChI is InChI=1S/C8H19O3PS.C8H20O2PS/c1-2-3-4-5-6-7-8-11-12(9,10)13;1-2-3-4-5-6-7-8-11(9,10)12/h2-8H2,1H3,(H2,9,10,13);9-10,12H,2-8H2,1H3/q;+1. The molecule has 0 aromatic rings. The van der Waals surface area contributed by atoms with Crippen LogP contribution in [0.25, 0.3) is 0 Å². The lowest BCUT2D eigenvalue weighted by molar-refractivity contribution is 0.245. The van der Waals surface area contributed by atoms with Gasteiger partial charge in [0.1, 0.15) is 6.16 Å². The topological polar surface area (TPSA) is 90.2 Å². The van der Waals surface area contributed by atoms with Crippen molar-refractivity contribution < 1.29 is 24.1 Å². The van der Waals surface area contributed by atoms with Crippen molar-refractivity contribution in [2.75, 3.05) is 12.8 Å². The lowest BCUT2D eigenvalue weighted by atomic mass is 10.1. The lowest BCUT2D eigenvalue weighted by Gasteiger charge is -2.07. The molecule has 5 nitrogen and oxygen atoms in total. The Hall–Kier alpha value is 1.23. The first-order valence-corrected chi connectivity index (χ1v) is 15.0. The summed E-state index contributed by atoms with van der Waals surface area (Å²) in [4.78, 5) is 35.3. The SMILES string of the molecule is CCCCCCCCOP(O)(O)=S.CCCCCCCC[P+](O)(O)S. The van der Waals surface area contributed by atoms with Gasteiger partial charge in [0, 0.05) is 0 Å². The Kier molecular flexibility index (Phi) is 21.1. The molecular weight excluding hydrogens is 398 g/mol. The van der Waals surface area contributed by atoms with E-state index in [9.17, 15) is 0 Å². The lowest BCUT2D eigenvalue weighted by Crippen LogP contribution is -1.91. The van der Waals surface area contributed by atoms with E-state index in [4.69, 9.17) is 19.6 Å². The molecular formula is C16H39O5P2S2+. The van der Waals surface area contributed by atoms with Crippen LogP contribution in [0.3, 0.4) is 0 Å². The zero-order valence-corrected chi connectivity index (χ0v) is 19.3. The molecule has 0 unspecified atom stereocenters. The van der Waals surface area contributed by atoms with E-state index in [1.54, 1.807) is 0 Å². The zero-order valence-electron chi connectivity index (χ0n) is 15.8. The Balaban J connectivity index is 0. The second-order valence-corrected chi connectivity index (χ2v) is 12.7. The van der Waals surface area contributed by atoms with Gasteiger partial charge in [0.05, 0.1) is 18.9 Å². The number of rotatable bonds is 15. The molecule has 0 aromatic carbocycles. The average Bonchev–Trinajstić information content (AvgIpc) is 2.48. The van der Waals surface area contributed by atoms with Crippen LogP contribution in [0.4, 0.5) is 0 Å². The van der Waals surface area contributed by atoms with Crippen molar-refractivity contribution in [3.8, 4) is 0 Å². The molecule has 25 heavy (non-hydrogen) atoms. The molecule has 0 saturated heterocycles. The van der Waals surface area contributed by atoms with Crippen LogP contribution in [0, 0.1) is 0 Å². The molecule has 0 bridgehead atoms. The van der Waals surface area contributed by atoms with Crippen molar-refractivity contribution in [3.63, 3.8) is 0 Å². The number of hydrogen-bond acceptors (Lipinski definition) is 5. The zero-order chi connectivity index (χ0) is 19.6. The minimum atomic E-state index is -3.39. The van der Waals surface area contributed by atoms with E-state index in [2.05, 4.69) is 42.4 Å². The van der Waals surface area contributed by atoms with Gasteiger partial charge in [-0.15, -0.1) is 0 Å². The molecule has 0 amide bonds. The Morgan fingerprint density at radius 1 is 0.800 bits per heavy atom. The molecule has 0 radical (unpaired) electrons. The molecule has 0 rings (SSSR count). The summed E-state index contributed by atoms with van der Waals surface area (Å²) in [6.07, 6.45) is 14.4. The van der Waals surface area contributed by atoms with Gasteiger partial charge in [0.25, 0.3) is 0 Å². The molecule has 0 heterocycles. The number of unbranched alkanes of at least 4 members (excludes halogenated alkanes) is 10. The first-order chi connectivity index (χ1) is 11.6. The molecule has 9 heteroatoms. The summed E-state index contributed by atoms with van der Waals surface area (Å²) in [5.74, 6) is 0. The fourth-order valence-corrected chi connectivity index (χ4v) is 3.83. The predicted molar refractivity (Wildman–Crippen MR) is 117 cm³/mol. The van der Waals surface area contributed by atoms with Crippen molar-refractivity contribution in [2.45, 2.75) is 90.9 Å². The van der Waals surface area contributed by atoms with E-state index in [0.717, 1.165) is 25.7 Å². The minimum Gasteiger partial charge on any atom is -0.325 e. The van der Waals surface area contributed by atoms with Crippen LogP contribution in [-0.2, 0) is 16.3 Å². The van der Waals surface area contributed by atoms with Gasteiger partial charge in [-0.25, -0.2) is 9.79 Å². The van der Waals surface area contributed by atoms with E-state index in [1.165, 1.54) is 51.4 Å². The van der Waals surface area contributed by atoms with E-state index >= 15 is 0 Å². The Bertz CT molecular complexity index is 322. The van der Waals surface area contributed by atoms with Gasteiger partial charge >= 0.3 is 13.6 Å². The largest absolute Gasteiger partial charge is 0.325 e. The van der Waals surface area contributed by atoms with Crippen molar-refractivity contribution in [1.29, 1.82) is 0 Å². The monoisotopic (exact) mass is 437 g/mol. The summed E-state index contributed by atoms with van der Waals surface area (Å²) in [6, 6.07) is 0. The van der Waals surface area contributed by atoms with Crippen LogP contribution < -0.4 is 0 Å². The fourth-order valence-electron chi connectivity index (χ4n) is 2.17. The van der Waals surface area contributed by atoms with E-state index < -0.39 is 13.6 Å². The van der Waals surface area contributed by atoms with Crippen LogP contribution in [0.1, 0.15) is 90.9 Å². The maximum absolute atomic E-state index is 8.95. The van der Waals surface area contributed by atoms with Gasteiger partial charge in [0.2, 0.25) is 0 Å². The summed E-state index contributed by atoms with van der Waals surface area (Å²) in [5.41, 5.74) is 0. The maximum Gasteiger partial charge on any atom is 0.323 e. The Morgan fingerprint density at radius 2 is 1.20 bits per heavy atom. The van der Waals surface area contributed by atoms with Gasteiger partial charge in [0.15, 0.2) is 0 Å². The fraction of sp³-hybridized carbons (Fsp3) is 1.00. The quantitative estimate of drug-likeness (QED) is 0.130. The Labute approximate surface area is 165 Å². The molecule has 0 aliphatic heterocycles. The highest BCUT2D eigenvalue weighted by molar-refractivity contribution is 8.48. The molecule has 0 saturated carbocycles. The average molecular weight is 438 g/mol. The molecule has 0 fully saturated rings. The van der Waals surface area contributed by atoms with Crippen LogP contribution in [0.2, 0.25) is 0 Å². The maximum atomic E-state index is 8.95. The summed E-state index contributed by atoms with van der Waals surface area (Å²) in [7, 11) is 0. The van der Waals surface area contributed by atoms with Crippen LogP contribution >= 0.6 is 25.9 Å². The van der Waals surface area contributed by atoms with Crippen LogP contribution in [-0.4, -0.2) is 32.3 Å². The van der Waals surface area contributed by atoms with Crippen molar-refractivity contribution in [3.05, 3.63) is 0 Å². The van der Waals surface area contributed by atoms with Gasteiger partial charge in [-0.05, 0) is 31.1 Å². The highest BCUT2D eigenvalue weighted by atomic mass is 32.7. The second kappa shape index (κ2) is 18.6. The Morgan fingerprint density at radius 3 is 1.60 bits per heavy atom. The molecule has 0 atom stereocenters. The van der Waals surface area contributed by atoms with Crippen LogP contribution in [0.15, 0.2) is 0 Å². The molecule has 0 spiro atoms. The molecule has 154 valence electrons. The van der Waals surface area contributed by atoms with Crippen molar-refractivity contribution in [1.82, 2.24) is 0 Å². The van der Waals surface area contributed by atoms with Gasteiger partial charge in [-0.2, -0.15) is 0 Å². The molecule has 0 aromatic heterocycles. The normalized spacial score (nSPS) is 12.0. The third kappa shape index (κ3) is 33.3. The van der Waals surface area contributed by atoms with Crippen molar-refractivity contribution >= 4 is 37.7 Å². The first kappa shape index (κ1) is 28.4. The van der Waals surface area contributed by atoms with Gasteiger partial charge < -0.3 is 14.3 Å². The summed E-state index contributed by atoms with van der Waals surface area (Å²) in [6.45, 7) is -1.44. The number of hydrogen-bond donors (Lipinski definition) is 5. The van der Waals surface area contributed by atoms with Gasteiger partial charge in [-0.3, -0.25) is 0 Å². The first-order valence-electron chi connectivity index (χ1n) is 9.38. The smallest absolute Gasteiger partial charge is 0.323 e. The molecule has 0 aliphatic rings. The van der Waals surface area contributed by atoms with E-state index in [-0.39, 0.29) is 0 Å². The van der Waals surface area contributed by atoms with E-state index in [0.29, 0.717) is 12.8 Å². The minimum absolute atomic E-state index is 0.371.